The fourth-order valence-corrected chi connectivity index (χ4v) is 9.44. The normalized spacial score (nSPS) is 40.4. The minimum atomic E-state index is 0.242. The molecule has 3 saturated carbocycles. The monoisotopic (exact) mass is 460 g/mol. The van der Waals surface area contributed by atoms with E-state index in [2.05, 4.69) is 71.0 Å². The van der Waals surface area contributed by atoms with Crippen LogP contribution in [0.1, 0.15) is 110 Å². The van der Waals surface area contributed by atoms with Gasteiger partial charge in [0.2, 0.25) is 0 Å². The van der Waals surface area contributed by atoms with E-state index in [1.807, 2.05) is 0 Å². The van der Waals surface area contributed by atoms with Crippen LogP contribution < -0.4 is 0 Å². The molecule has 1 heteroatoms. The molecular formula is C33H48O. The summed E-state index contributed by atoms with van der Waals surface area (Å²) in [6.45, 7) is 12.4. The highest BCUT2D eigenvalue weighted by Gasteiger charge is 2.61. The summed E-state index contributed by atoms with van der Waals surface area (Å²) in [5.41, 5.74) is 3.56. The van der Waals surface area contributed by atoms with Crippen molar-refractivity contribution in [1.29, 1.82) is 0 Å². The van der Waals surface area contributed by atoms with Crippen molar-refractivity contribution in [3.63, 3.8) is 0 Å². The molecule has 0 heterocycles. The molecule has 0 radical (unpaired) electrons. The quantitative estimate of drug-likeness (QED) is 0.414. The van der Waals surface area contributed by atoms with Crippen molar-refractivity contribution in [2.75, 3.05) is 0 Å². The summed E-state index contributed by atoms with van der Waals surface area (Å²) in [5, 5.41) is 0. The van der Waals surface area contributed by atoms with Gasteiger partial charge in [-0.2, -0.15) is 0 Å². The molecule has 4 aliphatic rings. The Bertz CT molecular complexity index is 912. The lowest BCUT2D eigenvalue weighted by Gasteiger charge is -2.57. The van der Waals surface area contributed by atoms with Gasteiger partial charge in [0.15, 0.2) is 5.78 Å². The van der Waals surface area contributed by atoms with E-state index < -0.39 is 0 Å². The maximum absolute atomic E-state index is 13.8. The summed E-state index contributed by atoms with van der Waals surface area (Å²) >= 11 is 0. The molecule has 0 N–H and O–H groups in total. The fraction of sp³-hybridized carbons (Fsp3) is 0.727. The van der Waals surface area contributed by atoms with Gasteiger partial charge in [-0.15, -0.1) is 0 Å². The van der Waals surface area contributed by atoms with Crippen LogP contribution in [0.3, 0.4) is 0 Å². The van der Waals surface area contributed by atoms with Gasteiger partial charge in [0.05, 0.1) is 0 Å². The smallest absolute Gasteiger partial charge is 0.159 e. The van der Waals surface area contributed by atoms with Gasteiger partial charge in [-0.3, -0.25) is 4.79 Å². The molecule has 8 unspecified atom stereocenters. The van der Waals surface area contributed by atoms with E-state index in [1.54, 1.807) is 0 Å². The van der Waals surface area contributed by atoms with Crippen molar-refractivity contribution < 1.29 is 4.79 Å². The van der Waals surface area contributed by atoms with E-state index in [0.29, 0.717) is 29.0 Å². The van der Waals surface area contributed by atoms with Crippen LogP contribution in [-0.4, -0.2) is 5.78 Å². The lowest BCUT2D eigenvalue weighted by Crippen LogP contribution is -2.53. The number of hydrogen-bond donors (Lipinski definition) is 0. The summed E-state index contributed by atoms with van der Waals surface area (Å²) < 4.78 is 0. The lowest BCUT2D eigenvalue weighted by atomic mass is 9.46. The van der Waals surface area contributed by atoms with E-state index in [-0.39, 0.29) is 11.3 Å². The maximum atomic E-state index is 13.8. The molecule has 5 rings (SSSR count). The lowest BCUT2D eigenvalue weighted by molar-refractivity contribution is -0.134. The number of benzene rings is 1. The highest BCUT2D eigenvalue weighted by molar-refractivity contribution is 5.94. The zero-order valence-electron chi connectivity index (χ0n) is 22.5. The Balaban J connectivity index is 1.35. The van der Waals surface area contributed by atoms with Gasteiger partial charge < -0.3 is 0 Å². The van der Waals surface area contributed by atoms with Crippen molar-refractivity contribution in [1.82, 2.24) is 0 Å². The number of fused-ring (bicyclic) bond motifs is 5. The second-order valence-electron chi connectivity index (χ2n) is 13.6. The highest BCUT2D eigenvalue weighted by atomic mass is 16.1. The number of carbonyl (C=O) groups is 1. The van der Waals surface area contributed by atoms with Gasteiger partial charge in [0.1, 0.15) is 0 Å². The van der Waals surface area contributed by atoms with Crippen LogP contribution in [-0.2, 0) is 4.79 Å². The highest BCUT2D eigenvalue weighted by Crippen LogP contribution is 2.67. The number of carbonyl (C=O) groups excluding carboxylic acids is 1. The molecule has 1 nitrogen and oxygen atoms in total. The Morgan fingerprint density at radius 1 is 0.912 bits per heavy atom. The molecule has 0 bridgehead atoms. The topological polar surface area (TPSA) is 17.1 Å². The third-order valence-electron chi connectivity index (χ3n) is 11.4. The first-order valence-corrected chi connectivity index (χ1v) is 14.5. The molecule has 186 valence electrons. The molecule has 3 fully saturated rings. The van der Waals surface area contributed by atoms with Crippen molar-refractivity contribution in [2.45, 2.75) is 105 Å². The van der Waals surface area contributed by atoms with Gasteiger partial charge >= 0.3 is 0 Å². The SMILES string of the molecule is CC(C)CCCC(C)C1CCC2C3C(=O)C=C4CC(c5ccccc5)CCC4(C)C3CCC12C. The maximum Gasteiger partial charge on any atom is 0.159 e. The first-order valence-electron chi connectivity index (χ1n) is 14.5. The van der Waals surface area contributed by atoms with Crippen molar-refractivity contribution in [2.24, 2.45) is 46.3 Å². The summed E-state index contributed by atoms with van der Waals surface area (Å²) in [6, 6.07) is 11.0. The predicted octanol–water partition coefficient (Wildman–Crippen LogP) is 8.99. The number of ketones is 1. The van der Waals surface area contributed by atoms with Crippen LogP contribution in [0.25, 0.3) is 0 Å². The van der Waals surface area contributed by atoms with Crippen LogP contribution >= 0.6 is 0 Å². The van der Waals surface area contributed by atoms with Crippen molar-refractivity contribution in [3.8, 4) is 0 Å². The van der Waals surface area contributed by atoms with E-state index >= 15 is 0 Å². The van der Waals surface area contributed by atoms with Gasteiger partial charge in [0, 0.05) is 5.92 Å². The standard InChI is InChI=1S/C33H48O/c1-22(2)10-9-11-23(3)27-14-15-28-31-29(17-19-33(27,28)5)32(4)18-16-25(20-26(32)21-30(31)34)24-12-7-6-8-13-24/h6-8,12-13,21-23,25,27-29,31H,9-11,14-20H2,1-5H3. The molecule has 0 saturated heterocycles. The van der Waals surface area contributed by atoms with Gasteiger partial charge in [-0.25, -0.2) is 0 Å². The Kier molecular flexibility index (Phi) is 6.62. The van der Waals surface area contributed by atoms with Gasteiger partial charge in [-0.1, -0.05) is 89.8 Å². The fourth-order valence-electron chi connectivity index (χ4n) is 9.44. The minimum absolute atomic E-state index is 0.242. The van der Waals surface area contributed by atoms with Crippen LogP contribution in [0.2, 0.25) is 0 Å². The van der Waals surface area contributed by atoms with E-state index in [1.165, 1.54) is 68.9 Å². The Morgan fingerprint density at radius 2 is 1.68 bits per heavy atom. The Hall–Kier alpha value is -1.37. The summed E-state index contributed by atoms with van der Waals surface area (Å²) in [5.74, 6) is 4.97. The van der Waals surface area contributed by atoms with E-state index in [4.69, 9.17) is 0 Å². The number of rotatable bonds is 6. The van der Waals surface area contributed by atoms with Crippen molar-refractivity contribution in [3.05, 3.63) is 47.5 Å². The third kappa shape index (κ3) is 4.04. The molecule has 1 aromatic carbocycles. The second-order valence-corrected chi connectivity index (χ2v) is 13.6. The third-order valence-corrected chi connectivity index (χ3v) is 11.4. The predicted molar refractivity (Wildman–Crippen MR) is 143 cm³/mol. The largest absolute Gasteiger partial charge is 0.295 e. The Labute approximate surface area is 209 Å². The zero-order chi connectivity index (χ0) is 24.1. The molecule has 0 aromatic heterocycles. The average molecular weight is 461 g/mol. The van der Waals surface area contributed by atoms with Gasteiger partial charge in [-0.05, 0) is 103 Å². The summed E-state index contributed by atoms with van der Waals surface area (Å²) in [4.78, 5) is 13.8. The van der Waals surface area contributed by atoms with Crippen LogP contribution in [0, 0.1) is 46.3 Å². The van der Waals surface area contributed by atoms with Crippen LogP contribution in [0.5, 0.6) is 0 Å². The molecule has 34 heavy (non-hydrogen) atoms. The molecular weight excluding hydrogens is 412 g/mol. The summed E-state index contributed by atoms with van der Waals surface area (Å²) in [7, 11) is 0. The molecule has 0 spiro atoms. The molecule has 0 aliphatic heterocycles. The Morgan fingerprint density at radius 3 is 2.41 bits per heavy atom. The van der Waals surface area contributed by atoms with Crippen molar-refractivity contribution >= 4 is 5.78 Å². The zero-order valence-corrected chi connectivity index (χ0v) is 22.5. The van der Waals surface area contributed by atoms with Gasteiger partial charge in [0.25, 0.3) is 0 Å². The average Bonchev–Trinajstić information content (AvgIpc) is 3.17. The number of hydrogen-bond acceptors (Lipinski definition) is 1. The van der Waals surface area contributed by atoms with Crippen LogP contribution in [0.15, 0.2) is 42.0 Å². The minimum Gasteiger partial charge on any atom is -0.295 e. The first-order chi connectivity index (χ1) is 16.2. The molecule has 1 aromatic rings. The second kappa shape index (κ2) is 9.25. The summed E-state index contributed by atoms with van der Waals surface area (Å²) in [6.07, 6.45) is 15.1. The molecule has 4 aliphatic carbocycles. The molecule has 8 atom stereocenters. The first kappa shape index (κ1) is 24.3. The van der Waals surface area contributed by atoms with E-state index in [9.17, 15) is 4.79 Å². The number of allylic oxidation sites excluding steroid dienone is 2. The van der Waals surface area contributed by atoms with Crippen LogP contribution in [0.4, 0.5) is 0 Å². The molecule has 0 amide bonds. The van der Waals surface area contributed by atoms with E-state index in [0.717, 1.165) is 24.2 Å².